The minimum Gasteiger partial charge on any atom is -0.457 e. The van der Waals surface area contributed by atoms with Crippen LogP contribution in [0.15, 0.2) is 48.5 Å². The summed E-state index contributed by atoms with van der Waals surface area (Å²) in [4.78, 5) is 2.51. The largest absolute Gasteiger partial charge is 0.457 e. The van der Waals surface area contributed by atoms with Crippen molar-refractivity contribution >= 4 is 0 Å². The molecular formula is C20H25NO. The van der Waals surface area contributed by atoms with Crippen molar-refractivity contribution in [1.82, 2.24) is 4.90 Å². The average molecular weight is 295 g/mol. The first-order valence-electron chi connectivity index (χ1n) is 8.30. The summed E-state index contributed by atoms with van der Waals surface area (Å²) in [5.41, 5.74) is 2.67. The van der Waals surface area contributed by atoms with Crippen LogP contribution in [-0.2, 0) is 6.54 Å². The third-order valence-corrected chi connectivity index (χ3v) is 4.29. The van der Waals surface area contributed by atoms with Crippen molar-refractivity contribution < 1.29 is 4.74 Å². The molecule has 2 aromatic rings. The van der Waals surface area contributed by atoms with Gasteiger partial charge >= 0.3 is 0 Å². The predicted molar refractivity (Wildman–Crippen MR) is 91.6 cm³/mol. The fraction of sp³-hybridized carbons (Fsp3) is 0.400. The standard InChI is InChI=1S/C20H25NO/c1-16(2)18-8-10-19(11-9-18)22-20-7-5-6-17(14-20)15-21-12-3-4-13-21/h5-11,14,16H,3-4,12-13,15H2,1-2H3. The molecule has 1 aliphatic heterocycles. The number of likely N-dealkylation sites (tertiary alicyclic amines) is 1. The zero-order valence-corrected chi connectivity index (χ0v) is 13.6. The van der Waals surface area contributed by atoms with Crippen molar-refractivity contribution in [3.63, 3.8) is 0 Å². The maximum absolute atomic E-state index is 6.00. The van der Waals surface area contributed by atoms with E-state index in [-0.39, 0.29) is 0 Å². The number of nitrogens with zero attached hydrogens (tertiary/aromatic N) is 1. The summed E-state index contributed by atoms with van der Waals surface area (Å²) in [5.74, 6) is 2.38. The van der Waals surface area contributed by atoms with Gasteiger partial charge in [-0.1, -0.05) is 38.1 Å². The Balaban J connectivity index is 1.66. The van der Waals surface area contributed by atoms with E-state index >= 15 is 0 Å². The van der Waals surface area contributed by atoms with E-state index in [1.54, 1.807) is 0 Å². The molecule has 1 heterocycles. The van der Waals surface area contributed by atoms with Crippen LogP contribution in [0.5, 0.6) is 11.5 Å². The molecule has 22 heavy (non-hydrogen) atoms. The van der Waals surface area contributed by atoms with Gasteiger partial charge in [-0.15, -0.1) is 0 Å². The molecule has 0 saturated carbocycles. The Bertz CT molecular complexity index is 597. The van der Waals surface area contributed by atoms with Gasteiger partial charge in [0.15, 0.2) is 0 Å². The Labute approximate surface area is 133 Å². The van der Waals surface area contributed by atoms with Crippen LogP contribution in [0, 0.1) is 0 Å². The maximum atomic E-state index is 6.00. The minimum atomic E-state index is 0.554. The lowest BCUT2D eigenvalue weighted by atomic mass is 10.0. The van der Waals surface area contributed by atoms with Crippen molar-refractivity contribution in [2.45, 2.75) is 39.2 Å². The van der Waals surface area contributed by atoms with Crippen LogP contribution < -0.4 is 4.74 Å². The van der Waals surface area contributed by atoms with Crippen LogP contribution in [0.25, 0.3) is 0 Å². The molecule has 1 fully saturated rings. The smallest absolute Gasteiger partial charge is 0.127 e. The minimum absolute atomic E-state index is 0.554. The number of ether oxygens (including phenoxy) is 1. The summed E-state index contributed by atoms with van der Waals surface area (Å²) < 4.78 is 6.00. The predicted octanol–water partition coefficient (Wildman–Crippen LogP) is 5.20. The molecule has 2 heteroatoms. The first-order chi connectivity index (χ1) is 10.7. The Kier molecular flexibility index (Phi) is 4.79. The topological polar surface area (TPSA) is 12.5 Å². The van der Waals surface area contributed by atoms with E-state index in [9.17, 15) is 0 Å². The molecule has 3 rings (SSSR count). The van der Waals surface area contributed by atoms with Crippen LogP contribution in [-0.4, -0.2) is 18.0 Å². The SMILES string of the molecule is CC(C)c1ccc(Oc2cccc(CN3CCCC3)c2)cc1. The van der Waals surface area contributed by atoms with Crippen molar-refractivity contribution in [2.75, 3.05) is 13.1 Å². The van der Waals surface area contributed by atoms with Gasteiger partial charge in [-0.05, 0) is 67.2 Å². The highest BCUT2D eigenvalue weighted by atomic mass is 16.5. The van der Waals surface area contributed by atoms with Gasteiger partial charge in [-0.3, -0.25) is 4.90 Å². The molecule has 116 valence electrons. The van der Waals surface area contributed by atoms with Gasteiger partial charge in [0, 0.05) is 6.54 Å². The highest BCUT2D eigenvalue weighted by Gasteiger charge is 2.12. The van der Waals surface area contributed by atoms with Crippen molar-refractivity contribution in [2.24, 2.45) is 0 Å². The normalized spacial score (nSPS) is 15.4. The van der Waals surface area contributed by atoms with Crippen LogP contribution in [0.4, 0.5) is 0 Å². The summed E-state index contributed by atoms with van der Waals surface area (Å²) in [6, 6.07) is 16.9. The Morgan fingerprint density at radius 1 is 0.955 bits per heavy atom. The third kappa shape index (κ3) is 3.89. The average Bonchev–Trinajstić information content (AvgIpc) is 3.01. The van der Waals surface area contributed by atoms with Crippen LogP contribution in [0.2, 0.25) is 0 Å². The van der Waals surface area contributed by atoms with Crippen LogP contribution in [0.1, 0.15) is 43.7 Å². The molecule has 0 bridgehead atoms. The second kappa shape index (κ2) is 6.97. The van der Waals surface area contributed by atoms with Crippen LogP contribution in [0.3, 0.4) is 0 Å². The maximum Gasteiger partial charge on any atom is 0.127 e. The number of hydrogen-bond donors (Lipinski definition) is 0. The lowest BCUT2D eigenvalue weighted by Gasteiger charge is -2.15. The number of benzene rings is 2. The summed E-state index contributed by atoms with van der Waals surface area (Å²) in [6.45, 7) is 7.89. The molecule has 2 nitrogen and oxygen atoms in total. The summed E-state index contributed by atoms with van der Waals surface area (Å²) in [6.07, 6.45) is 2.66. The Morgan fingerprint density at radius 3 is 2.36 bits per heavy atom. The Morgan fingerprint density at radius 2 is 1.68 bits per heavy atom. The second-order valence-electron chi connectivity index (χ2n) is 6.46. The van der Waals surface area contributed by atoms with Crippen molar-refractivity contribution in [3.05, 3.63) is 59.7 Å². The molecule has 0 amide bonds. The number of rotatable bonds is 5. The fourth-order valence-electron chi connectivity index (χ4n) is 2.96. The number of hydrogen-bond acceptors (Lipinski definition) is 2. The van der Waals surface area contributed by atoms with Gasteiger partial charge in [0.05, 0.1) is 0 Å². The van der Waals surface area contributed by atoms with Crippen molar-refractivity contribution in [3.8, 4) is 11.5 Å². The van der Waals surface area contributed by atoms with Gasteiger partial charge < -0.3 is 4.74 Å². The molecule has 1 aliphatic rings. The van der Waals surface area contributed by atoms with Gasteiger partial charge in [0.1, 0.15) is 11.5 Å². The molecule has 0 aliphatic carbocycles. The summed E-state index contributed by atoms with van der Waals surface area (Å²) in [7, 11) is 0. The van der Waals surface area contributed by atoms with E-state index < -0.39 is 0 Å². The van der Waals surface area contributed by atoms with Gasteiger partial charge in [0.2, 0.25) is 0 Å². The lowest BCUT2D eigenvalue weighted by molar-refractivity contribution is 0.331. The van der Waals surface area contributed by atoms with Gasteiger partial charge in [-0.25, -0.2) is 0 Å². The van der Waals surface area contributed by atoms with Crippen LogP contribution >= 0.6 is 0 Å². The lowest BCUT2D eigenvalue weighted by Crippen LogP contribution is -2.18. The zero-order valence-electron chi connectivity index (χ0n) is 13.6. The van der Waals surface area contributed by atoms with E-state index in [2.05, 4.69) is 61.2 Å². The molecule has 2 aromatic carbocycles. The van der Waals surface area contributed by atoms with E-state index in [1.807, 2.05) is 6.07 Å². The quantitative estimate of drug-likeness (QED) is 0.752. The molecule has 0 radical (unpaired) electrons. The zero-order chi connectivity index (χ0) is 15.4. The van der Waals surface area contributed by atoms with Gasteiger partial charge in [0.25, 0.3) is 0 Å². The molecule has 0 spiro atoms. The van der Waals surface area contributed by atoms with Gasteiger partial charge in [-0.2, -0.15) is 0 Å². The molecular weight excluding hydrogens is 270 g/mol. The molecule has 0 atom stereocenters. The first kappa shape index (κ1) is 15.1. The second-order valence-corrected chi connectivity index (χ2v) is 6.46. The monoisotopic (exact) mass is 295 g/mol. The third-order valence-electron chi connectivity index (χ3n) is 4.29. The van der Waals surface area contributed by atoms with E-state index in [0.717, 1.165) is 18.0 Å². The van der Waals surface area contributed by atoms with E-state index in [4.69, 9.17) is 4.74 Å². The summed E-state index contributed by atoms with van der Waals surface area (Å²) in [5, 5.41) is 0. The Hall–Kier alpha value is -1.80. The van der Waals surface area contributed by atoms with E-state index in [1.165, 1.54) is 37.1 Å². The molecule has 0 unspecified atom stereocenters. The van der Waals surface area contributed by atoms with E-state index in [0.29, 0.717) is 5.92 Å². The van der Waals surface area contributed by atoms with Crippen molar-refractivity contribution in [1.29, 1.82) is 0 Å². The highest BCUT2D eigenvalue weighted by molar-refractivity contribution is 5.35. The molecule has 0 aromatic heterocycles. The highest BCUT2D eigenvalue weighted by Crippen LogP contribution is 2.25. The summed E-state index contributed by atoms with van der Waals surface area (Å²) >= 11 is 0. The molecule has 0 N–H and O–H groups in total. The fourth-order valence-corrected chi connectivity index (χ4v) is 2.96. The molecule has 1 saturated heterocycles. The first-order valence-corrected chi connectivity index (χ1v) is 8.30.